The summed E-state index contributed by atoms with van der Waals surface area (Å²) in [7, 11) is 0. The van der Waals surface area contributed by atoms with Crippen LogP contribution in [0.25, 0.3) is 5.13 Å². The largest absolute Gasteiger partial charge is 0.334 e. The Hall–Kier alpha value is -2.40. The van der Waals surface area contributed by atoms with Gasteiger partial charge in [0.05, 0.1) is 5.56 Å². The molecule has 136 valence electrons. The lowest BCUT2D eigenvalue weighted by atomic mass is 10.1. The van der Waals surface area contributed by atoms with Crippen LogP contribution in [0.5, 0.6) is 0 Å². The van der Waals surface area contributed by atoms with Crippen molar-refractivity contribution in [2.75, 3.05) is 6.54 Å². The maximum Gasteiger partial charge on any atom is 0.255 e. The molecule has 4 nitrogen and oxygen atoms in total. The van der Waals surface area contributed by atoms with Gasteiger partial charge in [-0.25, -0.2) is 4.98 Å². The second kappa shape index (κ2) is 7.87. The molecule has 0 spiro atoms. The summed E-state index contributed by atoms with van der Waals surface area (Å²) in [5, 5.41) is 2.86. The molecule has 0 atom stereocenters. The predicted octanol–water partition coefficient (Wildman–Crippen LogP) is 4.91. The highest BCUT2D eigenvalue weighted by Crippen LogP contribution is 2.24. The number of aromatic nitrogens is 2. The fourth-order valence-corrected chi connectivity index (χ4v) is 3.96. The van der Waals surface area contributed by atoms with E-state index in [1.54, 1.807) is 17.5 Å². The number of rotatable bonds is 6. The zero-order chi connectivity index (χ0) is 18.7. The molecule has 0 aliphatic heterocycles. The van der Waals surface area contributed by atoms with Gasteiger partial charge in [0.25, 0.3) is 5.91 Å². The number of hydrogen-bond acceptors (Lipinski definition) is 3. The van der Waals surface area contributed by atoms with E-state index in [-0.39, 0.29) is 5.91 Å². The predicted molar refractivity (Wildman–Crippen MR) is 107 cm³/mol. The molecule has 0 aliphatic carbocycles. The van der Waals surface area contributed by atoms with Crippen LogP contribution in [0.15, 0.2) is 41.9 Å². The van der Waals surface area contributed by atoms with E-state index in [1.807, 2.05) is 30.2 Å². The first-order valence-electron chi connectivity index (χ1n) is 8.95. The summed E-state index contributed by atoms with van der Waals surface area (Å²) in [6.07, 6.45) is 2.73. The highest BCUT2D eigenvalue weighted by Gasteiger charge is 2.22. The lowest BCUT2D eigenvalue weighted by Crippen LogP contribution is -2.31. The Morgan fingerprint density at radius 3 is 2.54 bits per heavy atom. The summed E-state index contributed by atoms with van der Waals surface area (Å²) in [6.45, 7) is 9.58. The lowest BCUT2D eigenvalue weighted by molar-refractivity contribution is 0.0742. The Morgan fingerprint density at radius 1 is 1.19 bits per heavy atom. The Morgan fingerprint density at radius 2 is 1.92 bits per heavy atom. The van der Waals surface area contributed by atoms with Gasteiger partial charge in [-0.15, -0.1) is 11.3 Å². The second-order valence-electron chi connectivity index (χ2n) is 6.65. The quantitative estimate of drug-likeness (QED) is 0.621. The molecule has 0 aliphatic rings. The number of aryl methyl sites for hydroxylation is 2. The van der Waals surface area contributed by atoms with Crippen molar-refractivity contribution in [3.05, 3.63) is 70.0 Å². The van der Waals surface area contributed by atoms with Crippen molar-refractivity contribution in [1.82, 2.24) is 14.5 Å². The molecule has 2 heterocycles. The maximum absolute atomic E-state index is 13.3. The van der Waals surface area contributed by atoms with Crippen molar-refractivity contribution in [2.45, 2.75) is 40.7 Å². The topological polar surface area (TPSA) is 38.1 Å². The van der Waals surface area contributed by atoms with E-state index in [1.165, 1.54) is 5.56 Å². The van der Waals surface area contributed by atoms with Crippen LogP contribution in [-0.4, -0.2) is 26.9 Å². The molecule has 2 aromatic heterocycles. The maximum atomic E-state index is 13.3. The fraction of sp³-hybridized carbons (Fsp3) is 0.333. The van der Waals surface area contributed by atoms with Crippen molar-refractivity contribution in [3.8, 4) is 5.13 Å². The summed E-state index contributed by atoms with van der Waals surface area (Å²) in [4.78, 5) is 19.6. The smallest absolute Gasteiger partial charge is 0.255 e. The molecule has 0 bridgehead atoms. The van der Waals surface area contributed by atoms with Crippen molar-refractivity contribution >= 4 is 17.2 Å². The monoisotopic (exact) mass is 367 g/mol. The molecule has 3 aromatic rings. The Bertz CT molecular complexity index is 879. The molecule has 0 saturated heterocycles. The minimum atomic E-state index is 0.0864. The minimum absolute atomic E-state index is 0.0864. The molecule has 1 amide bonds. The van der Waals surface area contributed by atoms with Gasteiger partial charge in [-0.1, -0.05) is 36.8 Å². The van der Waals surface area contributed by atoms with Crippen LogP contribution < -0.4 is 0 Å². The summed E-state index contributed by atoms with van der Waals surface area (Å²) in [5.74, 6) is 0.0864. The van der Waals surface area contributed by atoms with Gasteiger partial charge in [-0.2, -0.15) is 0 Å². The lowest BCUT2D eigenvalue weighted by Gasteiger charge is -2.22. The van der Waals surface area contributed by atoms with Crippen LogP contribution >= 0.6 is 11.3 Å². The van der Waals surface area contributed by atoms with Crippen LogP contribution in [0.4, 0.5) is 0 Å². The third kappa shape index (κ3) is 3.73. The summed E-state index contributed by atoms with van der Waals surface area (Å²) >= 11 is 1.58. The van der Waals surface area contributed by atoms with Crippen molar-refractivity contribution in [1.29, 1.82) is 0 Å². The average Bonchev–Trinajstić information content (AvgIpc) is 3.23. The molecule has 1 aromatic carbocycles. The molecule has 0 N–H and O–H groups in total. The van der Waals surface area contributed by atoms with Gasteiger partial charge in [0.2, 0.25) is 0 Å². The van der Waals surface area contributed by atoms with E-state index >= 15 is 0 Å². The van der Waals surface area contributed by atoms with Gasteiger partial charge in [-0.05, 0) is 38.8 Å². The summed E-state index contributed by atoms with van der Waals surface area (Å²) < 4.78 is 2.06. The summed E-state index contributed by atoms with van der Waals surface area (Å²) in [6, 6.07) is 10.4. The molecule has 26 heavy (non-hydrogen) atoms. The third-order valence-electron chi connectivity index (χ3n) is 4.55. The second-order valence-corrected chi connectivity index (χ2v) is 7.52. The van der Waals surface area contributed by atoms with Crippen LogP contribution in [0, 0.1) is 20.8 Å². The van der Waals surface area contributed by atoms with E-state index in [0.29, 0.717) is 6.54 Å². The van der Waals surface area contributed by atoms with Crippen molar-refractivity contribution in [3.63, 3.8) is 0 Å². The first-order chi connectivity index (χ1) is 12.5. The first-order valence-corrected chi connectivity index (χ1v) is 9.83. The van der Waals surface area contributed by atoms with E-state index in [9.17, 15) is 4.79 Å². The standard InChI is InChI=1S/C21H25N3OS/c1-5-11-23(14-18-8-6-15(2)7-9-18)20(25)19-13-16(3)24(17(19)4)21-22-10-12-26-21/h6-10,12-13H,5,11,14H2,1-4H3. The van der Waals surface area contributed by atoms with E-state index in [4.69, 9.17) is 0 Å². The molecule has 0 saturated carbocycles. The Balaban J connectivity index is 1.90. The number of hydrogen-bond donors (Lipinski definition) is 0. The minimum Gasteiger partial charge on any atom is -0.334 e. The number of thiazole rings is 1. The molecule has 3 rings (SSSR count). The molecule has 0 unspecified atom stereocenters. The van der Waals surface area contributed by atoms with Crippen LogP contribution in [0.3, 0.4) is 0 Å². The number of amides is 1. The normalized spacial score (nSPS) is 10.9. The fourth-order valence-electron chi connectivity index (χ4n) is 3.21. The Kier molecular flexibility index (Phi) is 5.57. The SMILES string of the molecule is CCCN(Cc1ccc(C)cc1)C(=O)c1cc(C)n(-c2nccs2)c1C. The van der Waals surface area contributed by atoms with Crippen LogP contribution in [-0.2, 0) is 6.54 Å². The molecule has 5 heteroatoms. The van der Waals surface area contributed by atoms with E-state index in [2.05, 4.69) is 47.7 Å². The number of nitrogens with zero attached hydrogens (tertiary/aromatic N) is 3. The van der Waals surface area contributed by atoms with Gasteiger partial charge < -0.3 is 4.90 Å². The zero-order valence-electron chi connectivity index (χ0n) is 15.8. The van der Waals surface area contributed by atoms with Gasteiger partial charge in [0.15, 0.2) is 5.13 Å². The molecule has 0 radical (unpaired) electrons. The van der Waals surface area contributed by atoms with Gasteiger partial charge >= 0.3 is 0 Å². The average molecular weight is 368 g/mol. The zero-order valence-corrected chi connectivity index (χ0v) is 16.6. The van der Waals surface area contributed by atoms with Crippen LogP contribution in [0.2, 0.25) is 0 Å². The Labute approximate surface area is 159 Å². The first kappa shape index (κ1) is 18.4. The number of carbonyl (C=O) groups is 1. The van der Waals surface area contributed by atoms with E-state index < -0.39 is 0 Å². The van der Waals surface area contributed by atoms with Crippen molar-refractivity contribution < 1.29 is 4.79 Å². The highest BCUT2D eigenvalue weighted by atomic mass is 32.1. The van der Waals surface area contributed by atoms with Gasteiger partial charge in [0.1, 0.15) is 0 Å². The van der Waals surface area contributed by atoms with Gasteiger partial charge in [-0.3, -0.25) is 9.36 Å². The van der Waals surface area contributed by atoms with Gasteiger partial charge in [0, 0.05) is 36.1 Å². The number of benzene rings is 1. The molecule has 0 fully saturated rings. The van der Waals surface area contributed by atoms with Crippen LogP contribution in [0.1, 0.15) is 46.2 Å². The number of carbonyl (C=O) groups excluding carboxylic acids is 1. The molecular formula is C21H25N3OS. The van der Waals surface area contributed by atoms with Crippen molar-refractivity contribution in [2.24, 2.45) is 0 Å². The summed E-state index contributed by atoms with van der Waals surface area (Å²) in [5.41, 5.74) is 5.14. The molecular weight excluding hydrogens is 342 g/mol. The highest BCUT2D eigenvalue weighted by molar-refractivity contribution is 7.12. The third-order valence-corrected chi connectivity index (χ3v) is 5.30. The van der Waals surface area contributed by atoms with E-state index in [0.717, 1.165) is 40.6 Å².